The molecule has 0 saturated carbocycles. The summed E-state index contributed by atoms with van der Waals surface area (Å²) >= 11 is 1.30. The quantitative estimate of drug-likeness (QED) is 0.548. The highest BCUT2D eigenvalue weighted by Crippen LogP contribution is 2.22. The molecule has 2 amide bonds. The van der Waals surface area contributed by atoms with Crippen LogP contribution in [0.15, 0.2) is 78.9 Å². The molecule has 0 aliphatic carbocycles. The Labute approximate surface area is 182 Å². The standard InChI is InChI=1S/C25H26N2O2S/c1-18-8-12-21(13-9-18)25(20-6-4-3-5-7-20)27-24(29)17-30-16-23(28)26-22-14-10-19(2)11-15-22/h3-15,25H,16-17H2,1-2H3,(H,26,28)(H,27,29). The van der Waals surface area contributed by atoms with Crippen LogP contribution in [0.2, 0.25) is 0 Å². The highest BCUT2D eigenvalue weighted by Gasteiger charge is 2.17. The molecule has 1 atom stereocenters. The molecule has 3 aromatic rings. The fourth-order valence-corrected chi connectivity index (χ4v) is 3.66. The number of carbonyl (C=O) groups is 2. The highest BCUT2D eigenvalue weighted by molar-refractivity contribution is 8.00. The Morgan fingerprint density at radius 2 is 1.27 bits per heavy atom. The van der Waals surface area contributed by atoms with E-state index in [1.165, 1.54) is 17.3 Å². The van der Waals surface area contributed by atoms with Gasteiger partial charge in [0.1, 0.15) is 0 Å². The van der Waals surface area contributed by atoms with Gasteiger partial charge in [0, 0.05) is 5.69 Å². The van der Waals surface area contributed by atoms with E-state index in [1.807, 2.05) is 92.7 Å². The number of benzene rings is 3. The lowest BCUT2D eigenvalue weighted by molar-refractivity contribution is -0.119. The molecule has 5 heteroatoms. The van der Waals surface area contributed by atoms with Gasteiger partial charge >= 0.3 is 0 Å². The van der Waals surface area contributed by atoms with Gasteiger partial charge in [-0.1, -0.05) is 77.9 Å². The Balaban J connectivity index is 1.55. The monoisotopic (exact) mass is 418 g/mol. The predicted octanol–water partition coefficient (Wildman–Crippen LogP) is 4.88. The van der Waals surface area contributed by atoms with Crippen LogP contribution in [0.25, 0.3) is 0 Å². The van der Waals surface area contributed by atoms with Crippen molar-refractivity contribution in [3.05, 3.63) is 101 Å². The van der Waals surface area contributed by atoms with E-state index in [4.69, 9.17) is 0 Å². The summed E-state index contributed by atoms with van der Waals surface area (Å²) in [6.45, 7) is 4.04. The molecule has 154 valence electrons. The number of hydrogen-bond acceptors (Lipinski definition) is 3. The van der Waals surface area contributed by atoms with E-state index < -0.39 is 0 Å². The zero-order valence-corrected chi connectivity index (χ0v) is 18.0. The SMILES string of the molecule is Cc1ccc(NC(=O)CSCC(=O)NC(c2ccccc2)c2ccc(C)cc2)cc1. The number of aryl methyl sites for hydroxylation is 2. The second-order valence-corrected chi connectivity index (χ2v) is 8.21. The van der Waals surface area contributed by atoms with Gasteiger partial charge in [-0.15, -0.1) is 11.8 Å². The third kappa shape index (κ3) is 6.49. The van der Waals surface area contributed by atoms with E-state index in [9.17, 15) is 9.59 Å². The molecule has 4 nitrogen and oxygen atoms in total. The summed E-state index contributed by atoms with van der Waals surface area (Å²) in [5.74, 6) is 0.227. The molecule has 0 radical (unpaired) electrons. The molecular weight excluding hydrogens is 392 g/mol. The normalized spacial score (nSPS) is 11.5. The van der Waals surface area contributed by atoms with E-state index >= 15 is 0 Å². The van der Waals surface area contributed by atoms with Crippen LogP contribution in [-0.4, -0.2) is 23.3 Å². The minimum absolute atomic E-state index is 0.0995. The zero-order valence-electron chi connectivity index (χ0n) is 17.2. The summed E-state index contributed by atoms with van der Waals surface area (Å²) in [6.07, 6.45) is 0. The fraction of sp³-hybridized carbons (Fsp3) is 0.200. The molecule has 0 aromatic heterocycles. The molecule has 0 saturated heterocycles. The van der Waals surface area contributed by atoms with Crippen LogP contribution in [0.1, 0.15) is 28.3 Å². The Hall–Kier alpha value is -3.05. The summed E-state index contributed by atoms with van der Waals surface area (Å²) in [5.41, 5.74) is 5.13. The lowest BCUT2D eigenvalue weighted by atomic mass is 9.98. The number of anilines is 1. The maximum atomic E-state index is 12.6. The molecule has 3 aromatic carbocycles. The topological polar surface area (TPSA) is 58.2 Å². The molecule has 30 heavy (non-hydrogen) atoms. The van der Waals surface area contributed by atoms with Crippen molar-refractivity contribution in [2.45, 2.75) is 19.9 Å². The number of nitrogens with one attached hydrogen (secondary N) is 2. The maximum absolute atomic E-state index is 12.6. The lowest BCUT2D eigenvalue weighted by Crippen LogP contribution is -2.31. The first-order valence-corrected chi connectivity index (χ1v) is 11.0. The van der Waals surface area contributed by atoms with Crippen molar-refractivity contribution in [1.82, 2.24) is 5.32 Å². The minimum atomic E-state index is -0.221. The van der Waals surface area contributed by atoms with Gasteiger partial charge in [0.15, 0.2) is 0 Å². The van der Waals surface area contributed by atoms with Crippen LogP contribution >= 0.6 is 11.8 Å². The highest BCUT2D eigenvalue weighted by atomic mass is 32.2. The van der Waals surface area contributed by atoms with Gasteiger partial charge in [-0.2, -0.15) is 0 Å². The molecule has 0 aliphatic heterocycles. The third-order valence-corrected chi connectivity index (χ3v) is 5.58. The number of rotatable bonds is 8. The predicted molar refractivity (Wildman–Crippen MR) is 125 cm³/mol. The molecule has 0 bridgehead atoms. The van der Waals surface area contributed by atoms with Crippen molar-refractivity contribution in [2.24, 2.45) is 0 Å². The van der Waals surface area contributed by atoms with Crippen LogP contribution in [0, 0.1) is 13.8 Å². The summed E-state index contributed by atoms with van der Waals surface area (Å²) in [4.78, 5) is 24.7. The molecule has 0 spiro atoms. The van der Waals surface area contributed by atoms with Gasteiger partial charge in [-0.3, -0.25) is 9.59 Å². The van der Waals surface area contributed by atoms with Crippen molar-refractivity contribution in [1.29, 1.82) is 0 Å². The average Bonchev–Trinajstić information content (AvgIpc) is 2.75. The second kappa shape index (κ2) is 10.6. The van der Waals surface area contributed by atoms with Gasteiger partial charge < -0.3 is 10.6 Å². The van der Waals surface area contributed by atoms with E-state index in [-0.39, 0.29) is 29.4 Å². The Morgan fingerprint density at radius 3 is 1.90 bits per heavy atom. The number of thioether (sulfide) groups is 1. The average molecular weight is 419 g/mol. The Morgan fingerprint density at radius 1 is 0.733 bits per heavy atom. The second-order valence-electron chi connectivity index (χ2n) is 7.23. The van der Waals surface area contributed by atoms with Gasteiger partial charge in [-0.25, -0.2) is 0 Å². The summed E-state index contributed by atoms with van der Waals surface area (Å²) in [5, 5.41) is 5.96. The third-order valence-electron chi connectivity index (χ3n) is 4.65. The van der Waals surface area contributed by atoms with Gasteiger partial charge in [-0.05, 0) is 37.1 Å². The van der Waals surface area contributed by atoms with E-state index in [0.717, 1.165) is 22.4 Å². The van der Waals surface area contributed by atoms with Crippen molar-refractivity contribution in [2.75, 3.05) is 16.8 Å². The van der Waals surface area contributed by atoms with Crippen molar-refractivity contribution >= 4 is 29.3 Å². The van der Waals surface area contributed by atoms with E-state index in [2.05, 4.69) is 10.6 Å². The number of amides is 2. The molecule has 3 rings (SSSR count). The van der Waals surface area contributed by atoms with E-state index in [1.54, 1.807) is 0 Å². The first-order valence-electron chi connectivity index (χ1n) is 9.86. The van der Waals surface area contributed by atoms with Gasteiger partial charge in [0.05, 0.1) is 17.5 Å². The summed E-state index contributed by atoms with van der Waals surface area (Å²) in [7, 11) is 0. The van der Waals surface area contributed by atoms with Crippen molar-refractivity contribution in [3.63, 3.8) is 0 Å². The minimum Gasteiger partial charge on any atom is -0.344 e. The Bertz CT molecular complexity index is 970. The molecule has 0 heterocycles. The molecule has 1 unspecified atom stereocenters. The molecular formula is C25H26N2O2S. The molecule has 2 N–H and O–H groups in total. The fourth-order valence-electron chi connectivity index (χ4n) is 3.04. The van der Waals surface area contributed by atoms with Crippen molar-refractivity contribution in [3.8, 4) is 0 Å². The number of hydrogen-bond donors (Lipinski definition) is 2. The van der Waals surface area contributed by atoms with Crippen LogP contribution in [0.3, 0.4) is 0 Å². The largest absolute Gasteiger partial charge is 0.344 e. The molecule has 0 aliphatic rings. The van der Waals surface area contributed by atoms with Crippen LogP contribution in [-0.2, 0) is 9.59 Å². The first kappa shape index (κ1) is 21.7. The van der Waals surface area contributed by atoms with E-state index in [0.29, 0.717) is 0 Å². The smallest absolute Gasteiger partial charge is 0.234 e. The maximum Gasteiger partial charge on any atom is 0.234 e. The summed E-state index contributed by atoms with van der Waals surface area (Å²) in [6, 6.07) is 25.5. The van der Waals surface area contributed by atoms with Crippen molar-refractivity contribution < 1.29 is 9.59 Å². The summed E-state index contributed by atoms with van der Waals surface area (Å²) < 4.78 is 0. The number of carbonyl (C=O) groups excluding carboxylic acids is 2. The van der Waals surface area contributed by atoms with Crippen LogP contribution in [0.4, 0.5) is 5.69 Å². The van der Waals surface area contributed by atoms with Crippen LogP contribution in [0.5, 0.6) is 0 Å². The Kier molecular flexibility index (Phi) is 7.69. The van der Waals surface area contributed by atoms with Gasteiger partial charge in [0.25, 0.3) is 0 Å². The van der Waals surface area contributed by atoms with Gasteiger partial charge in [0.2, 0.25) is 11.8 Å². The molecule has 0 fully saturated rings. The van der Waals surface area contributed by atoms with Crippen LogP contribution < -0.4 is 10.6 Å². The first-order chi connectivity index (χ1) is 14.5. The zero-order chi connectivity index (χ0) is 21.3. The lowest BCUT2D eigenvalue weighted by Gasteiger charge is -2.20.